The van der Waals surface area contributed by atoms with Gasteiger partial charge in [-0.1, -0.05) is 41.4 Å². The molecular formula is C16H12Cl2N2O2. The standard InChI is InChI=1S/C16H12Cl2N2O2/c1-10-4-2-3-5-12(10)16-20-19-15(22-16)9-21-14-8-11(17)6-7-13(14)18/h2-8H,9H2,1H3. The van der Waals surface area contributed by atoms with Crippen LogP contribution in [0.25, 0.3) is 11.5 Å². The van der Waals surface area contributed by atoms with E-state index < -0.39 is 0 Å². The summed E-state index contributed by atoms with van der Waals surface area (Å²) in [5.41, 5.74) is 1.97. The van der Waals surface area contributed by atoms with Gasteiger partial charge in [-0.25, -0.2) is 0 Å². The third-order valence-electron chi connectivity index (χ3n) is 3.09. The number of hydrogen-bond acceptors (Lipinski definition) is 4. The van der Waals surface area contributed by atoms with Gasteiger partial charge in [0.1, 0.15) is 5.75 Å². The lowest BCUT2D eigenvalue weighted by molar-refractivity contribution is 0.264. The summed E-state index contributed by atoms with van der Waals surface area (Å²) >= 11 is 11.9. The van der Waals surface area contributed by atoms with Gasteiger partial charge >= 0.3 is 0 Å². The zero-order valence-corrected chi connectivity index (χ0v) is 13.2. The van der Waals surface area contributed by atoms with Crippen molar-refractivity contribution in [1.82, 2.24) is 10.2 Å². The minimum Gasteiger partial charge on any atom is -0.482 e. The van der Waals surface area contributed by atoms with E-state index in [1.165, 1.54) is 0 Å². The van der Waals surface area contributed by atoms with Crippen molar-refractivity contribution in [1.29, 1.82) is 0 Å². The summed E-state index contributed by atoms with van der Waals surface area (Å²) in [6.07, 6.45) is 0. The van der Waals surface area contributed by atoms with E-state index in [2.05, 4.69) is 10.2 Å². The largest absolute Gasteiger partial charge is 0.482 e. The van der Waals surface area contributed by atoms with Crippen LogP contribution in [0.15, 0.2) is 46.9 Å². The number of aromatic nitrogens is 2. The number of halogens is 2. The third kappa shape index (κ3) is 3.24. The molecule has 0 spiro atoms. The van der Waals surface area contributed by atoms with Crippen LogP contribution in [0.1, 0.15) is 11.5 Å². The van der Waals surface area contributed by atoms with Crippen LogP contribution in [0.2, 0.25) is 10.0 Å². The van der Waals surface area contributed by atoms with Gasteiger partial charge in [-0.05, 0) is 30.7 Å². The lowest BCUT2D eigenvalue weighted by atomic mass is 10.1. The van der Waals surface area contributed by atoms with Crippen molar-refractivity contribution in [3.05, 3.63) is 64.0 Å². The lowest BCUT2D eigenvalue weighted by Crippen LogP contribution is -1.96. The molecule has 0 aliphatic rings. The number of aryl methyl sites for hydroxylation is 1. The molecule has 0 saturated carbocycles. The molecule has 0 aliphatic carbocycles. The molecule has 1 heterocycles. The number of hydrogen-bond donors (Lipinski definition) is 0. The first-order valence-electron chi connectivity index (χ1n) is 6.60. The van der Waals surface area contributed by atoms with Crippen LogP contribution in [0, 0.1) is 6.92 Å². The summed E-state index contributed by atoms with van der Waals surface area (Å²) in [4.78, 5) is 0. The van der Waals surface area contributed by atoms with Crippen LogP contribution in [-0.2, 0) is 6.61 Å². The molecule has 0 aliphatic heterocycles. The van der Waals surface area contributed by atoms with E-state index in [4.69, 9.17) is 32.4 Å². The maximum atomic E-state index is 6.03. The highest BCUT2D eigenvalue weighted by atomic mass is 35.5. The molecule has 4 nitrogen and oxygen atoms in total. The fourth-order valence-corrected chi connectivity index (χ4v) is 2.30. The van der Waals surface area contributed by atoms with Crippen molar-refractivity contribution >= 4 is 23.2 Å². The van der Waals surface area contributed by atoms with Gasteiger partial charge < -0.3 is 9.15 Å². The molecule has 0 fully saturated rings. The molecule has 3 rings (SSSR count). The van der Waals surface area contributed by atoms with Gasteiger partial charge in [0.05, 0.1) is 5.02 Å². The van der Waals surface area contributed by atoms with Gasteiger partial charge in [-0.15, -0.1) is 10.2 Å². The number of nitrogens with zero attached hydrogens (tertiary/aromatic N) is 2. The number of ether oxygens (including phenoxy) is 1. The smallest absolute Gasteiger partial charge is 0.254 e. The van der Waals surface area contributed by atoms with Gasteiger partial charge in [0, 0.05) is 16.7 Å². The van der Waals surface area contributed by atoms with Gasteiger partial charge in [-0.3, -0.25) is 0 Å². The molecule has 1 aromatic heterocycles. The van der Waals surface area contributed by atoms with Crippen molar-refractivity contribution in [3.63, 3.8) is 0 Å². The summed E-state index contributed by atoms with van der Waals surface area (Å²) in [6.45, 7) is 2.11. The van der Waals surface area contributed by atoms with Crippen LogP contribution >= 0.6 is 23.2 Å². The van der Waals surface area contributed by atoms with Crippen LogP contribution in [0.4, 0.5) is 0 Å². The zero-order chi connectivity index (χ0) is 15.5. The van der Waals surface area contributed by atoms with Gasteiger partial charge in [0.25, 0.3) is 5.89 Å². The Morgan fingerprint density at radius 1 is 1.09 bits per heavy atom. The Bertz CT molecular complexity index is 802. The summed E-state index contributed by atoms with van der Waals surface area (Å²) in [5, 5.41) is 9.05. The summed E-state index contributed by atoms with van der Waals surface area (Å²) in [6, 6.07) is 12.8. The fraction of sp³-hybridized carbons (Fsp3) is 0.125. The third-order valence-corrected chi connectivity index (χ3v) is 3.63. The number of benzene rings is 2. The normalized spacial score (nSPS) is 10.7. The maximum absolute atomic E-state index is 6.03. The zero-order valence-electron chi connectivity index (χ0n) is 11.7. The molecule has 2 aromatic carbocycles. The van der Waals surface area contributed by atoms with E-state index in [1.54, 1.807) is 18.2 Å². The highest BCUT2D eigenvalue weighted by Crippen LogP contribution is 2.28. The quantitative estimate of drug-likeness (QED) is 0.678. The molecular weight excluding hydrogens is 323 g/mol. The van der Waals surface area contributed by atoms with Crippen molar-refractivity contribution in [3.8, 4) is 17.2 Å². The second-order valence-electron chi connectivity index (χ2n) is 4.68. The second-order valence-corrected chi connectivity index (χ2v) is 5.52. The van der Waals surface area contributed by atoms with Crippen molar-refractivity contribution in [2.45, 2.75) is 13.5 Å². The molecule has 0 unspecified atom stereocenters. The minimum atomic E-state index is 0.124. The molecule has 0 atom stereocenters. The van der Waals surface area contributed by atoms with E-state index in [-0.39, 0.29) is 6.61 Å². The van der Waals surface area contributed by atoms with Crippen LogP contribution in [0.3, 0.4) is 0 Å². The fourth-order valence-electron chi connectivity index (χ4n) is 1.96. The topological polar surface area (TPSA) is 48.2 Å². The molecule has 0 N–H and O–H groups in total. The van der Waals surface area contributed by atoms with Crippen molar-refractivity contribution in [2.75, 3.05) is 0 Å². The van der Waals surface area contributed by atoms with Crippen LogP contribution < -0.4 is 4.74 Å². The Kier molecular flexibility index (Phi) is 4.32. The summed E-state index contributed by atoms with van der Waals surface area (Å²) in [5.74, 6) is 1.31. The first kappa shape index (κ1) is 14.9. The number of rotatable bonds is 4. The Morgan fingerprint density at radius 3 is 2.73 bits per heavy atom. The van der Waals surface area contributed by atoms with Crippen LogP contribution in [-0.4, -0.2) is 10.2 Å². The first-order valence-corrected chi connectivity index (χ1v) is 7.35. The molecule has 0 radical (unpaired) electrons. The average molecular weight is 335 g/mol. The van der Waals surface area contributed by atoms with E-state index in [0.717, 1.165) is 11.1 Å². The molecule has 0 saturated heterocycles. The monoisotopic (exact) mass is 334 g/mol. The molecule has 0 bridgehead atoms. The van der Waals surface area contributed by atoms with E-state index in [0.29, 0.717) is 27.6 Å². The highest BCUT2D eigenvalue weighted by Gasteiger charge is 2.11. The summed E-state index contributed by atoms with van der Waals surface area (Å²) in [7, 11) is 0. The Morgan fingerprint density at radius 2 is 1.91 bits per heavy atom. The molecule has 3 aromatic rings. The first-order chi connectivity index (χ1) is 10.6. The van der Waals surface area contributed by atoms with Crippen molar-refractivity contribution < 1.29 is 9.15 Å². The molecule has 0 amide bonds. The molecule has 22 heavy (non-hydrogen) atoms. The average Bonchev–Trinajstić information content (AvgIpc) is 2.97. The van der Waals surface area contributed by atoms with E-state index in [1.807, 2.05) is 31.2 Å². The van der Waals surface area contributed by atoms with Gasteiger partial charge in [-0.2, -0.15) is 0 Å². The van der Waals surface area contributed by atoms with E-state index >= 15 is 0 Å². The van der Waals surface area contributed by atoms with Gasteiger partial charge in [0.15, 0.2) is 6.61 Å². The lowest BCUT2D eigenvalue weighted by Gasteiger charge is -2.05. The predicted octanol–water partition coefficient (Wildman–Crippen LogP) is 4.93. The molecule has 6 heteroatoms. The van der Waals surface area contributed by atoms with Crippen molar-refractivity contribution in [2.24, 2.45) is 0 Å². The minimum absolute atomic E-state index is 0.124. The predicted molar refractivity (Wildman–Crippen MR) is 85.3 cm³/mol. The molecule has 112 valence electrons. The van der Waals surface area contributed by atoms with Crippen LogP contribution in [0.5, 0.6) is 5.75 Å². The second kappa shape index (κ2) is 6.38. The van der Waals surface area contributed by atoms with E-state index in [9.17, 15) is 0 Å². The van der Waals surface area contributed by atoms with Gasteiger partial charge in [0.2, 0.25) is 5.89 Å². The Hall–Kier alpha value is -2.04. The Labute approximate surface area is 137 Å². The summed E-state index contributed by atoms with van der Waals surface area (Å²) < 4.78 is 11.2. The Balaban J connectivity index is 1.75. The SMILES string of the molecule is Cc1ccccc1-c1nnc(COc2cc(Cl)ccc2Cl)o1. The maximum Gasteiger partial charge on any atom is 0.254 e. The highest BCUT2D eigenvalue weighted by molar-refractivity contribution is 6.34.